The summed E-state index contributed by atoms with van der Waals surface area (Å²) in [4.78, 5) is 2.31. The number of hydrogen-bond donors (Lipinski definition) is 0. The van der Waals surface area contributed by atoms with Crippen molar-refractivity contribution in [2.24, 2.45) is 0 Å². The van der Waals surface area contributed by atoms with Crippen LogP contribution in [0.3, 0.4) is 0 Å². The molecule has 4 heteroatoms. The van der Waals surface area contributed by atoms with Crippen LogP contribution in [0.15, 0.2) is 24.3 Å². The molecule has 0 aliphatic rings. The number of halogens is 2. The number of alkyl halides is 1. The van der Waals surface area contributed by atoms with E-state index in [4.69, 9.17) is 16.3 Å². The number of hydrogen-bond acceptors (Lipinski definition) is 2. The third-order valence-electron chi connectivity index (χ3n) is 2.83. The van der Waals surface area contributed by atoms with E-state index in [1.165, 1.54) is 18.1 Å². The van der Waals surface area contributed by atoms with E-state index >= 15 is 0 Å². The maximum atomic E-state index is 14.0. The molecule has 2 rings (SSSR count). The van der Waals surface area contributed by atoms with Crippen LogP contribution in [0, 0.1) is 19.7 Å². The van der Waals surface area contributed by atoms with E-state index in [0.29, 0.717) is 11.3 Å². The summed E-state index contributed by atoms with van der Waals surface area (Å²) in [6.07, 6.45) is 0. The SMILES string of the molecule is COc1ccc(C(Cl)c2cc(C)sc2C)c(F)c1. The lowest BCUT2D eigenvalue weighted by Crippen LogP contribution is -1.98. The first-order chi connectivity index (χ1) is 8.52. The van der Waals surface area contributed by atoms with Crippen molar-refractivity contribution in [1.29, 1.82) is 0 Å². The Bertz CT molecular complexity index is 565. The van der Waals surface area contributed by atoms with Gasteiger partial charge in [0.2, 0.25) is 0 Å². The van der Waals surface area contributed by atoms with Gasteiger partial charge in [-0.2, -0.15) is 0 Å². The number of rotatable bonds is 3. The van der Waals surface area contributed by atoms with E-state index in [0.717, 1.165) is 10.4 Å². The zero-order valence-electron chi connectivity index (χ0n) is 10.5. The van der Waals surface area contributed by atoms with Crippen LogP contribution in [0.5, 0.6) is 5.75 Å². The Morgan fingerprint density at radius 3 is 2.44 bits per heavy atom. The molecule has 0 saturated heterocycles. The first-order valence-corrected chi connectivity index (χ1v) is 6.82. The second-order valence-corrected chi connectivity index (χ2v) is 6.02. The van der Waals surface area contributed by atoms with E-state index in [1.54, 1.807) is 23.5 Å². The van der Waals surface area contributed by atoms with Gasteiger partial charge in [-0.25, -0.2) is 4.39 Å². The quantitative estimate of drug-likeness (QED) is 0.733. The fraction of sp³-hybridized carbons (Fsp3) is 0.286. The molecule has 1 atom stereocenters. The number of thiophene rings is 1. The van der Waals surface area contributed by atoms with E-state index in [2.05, 4.69) is 0 Å². The molecule has 0 bridgehead atoms. The van der Waals surface area contributed by atoms with Crippen molar-refractivity contribution in [3.63, 3.8) is 0 Å². The van der Waals surface area contributed by atoms with E-state index < -0.39 is 5.38 Å². The highest BCUT2D eigenvalue weighted by Crippen LogP contribution is 2.37. The zero-order chi connectivity index (χ0) is 13.3. The third-order valence-corrected chi connectivity index (χ3v) is 4.29. The van der Waals surface area contributed by atoms with Crippen molar-refractivity contribution < 1.29 is 9.13 Å². The summed E-state index contributed by atoms with van der Waals surface area (Å²) in [5.74, 6) is 0.163. The van der Waals surface area contributed by atoms with E-state index in [-0.39, 0.29) is 5.82 Å². The largest absolute Gasteiger partial charge is 0.497 e. The molecule has 0 saturated carbocycles. The van der Waals surface area contributed by atoms with Crippen molar-refractivity contribution in [1.82, 2.24) is 0 Å². The average Bonchev–Trinajstić information content (AvgIpc) is 2.67. The Labute approximate surface area is 115 Å². The summed E-state index contributed by atoms with van der Waals surface area (Å²) in [5.41, 5.74) is 1.46. The number of methoxy groups -OCH3 is 1. The highest BCUT2D eigenvalue weighted by Gasteiger charge is 2.19. The molecule has 1 unspecified atom stereocenters. The van der Waals surface area contributed by atoms with E-state index in [9.17, 15) is 4.39 Å². The molecule has 18 heavy (non-hydrogen) atoms. The topological polar surface area (TPSA) is 9.23 Å². The van der Waals surface area contributed by atoms with Gasteiger partial charge in [0, 0.05) is 21.4 Å². The first kappa shape index (κ1) is 13.4. The lowest BCUT2D eigenvalue weighted by atomic mass is 10.0. The molecule has 1 aromatic heterocycles. The summed E-state index contributed by atoms with van der Waals surface area (Å²) in [6.45, 7) is 4.03. The summed E-state index contributed by atoms with van der Waals surface area (Å²) in [5, 5.41) is -0.458. The predicted molar refractivity (Wildman–Crippen MR) is 74.4 cm³/mol. The Kier molecular flexibility index (Phi) is 3.93. The van der Waals surface area contributed by atoms with Gasteiger partial charge in [-0.3, -0.25) is 0 Å². The number of aryl methyl sites for hydroxylation is 2. The minimum absolute atomic E-state index is 0.336. The zero-order valence-corrected chi connectivity index (χ0v) is 12.0. The monoisotopic (exact) mass is 284 g/mol. The molecule has 1 nitrogen and oxygen atoms in total. The fourth-order valence-corrected chi connectivity index (χ4v) is 3.34. The second-order valence-electron chi connectivity index (χ2n) is 4.12. The number of benzene rings is 1. The molecule has 1 aromatic carbocycles. The molecular weight excluding hydrogens is 271 g/mol. The summed E-state index contributed by atoms with van der Waals surface area (Å²) in [7, 11) is 1.51. The predicted octanol–water partition coefficient (Wildman–Crippen LogP) is 4.84. The summed E-state index contributed by atoms with van der Waals surface area (Å²) >= 11 is 8.05. The molecule has 0 spiro atoms. The molecule has 0 fully saturated rings. The molecule has 0 aliphatic carbocycles. The fourth-order valence-electron chi connectivity index (χ4n) is 1.91. The smallest absolute Gasteiger partial charge is 0.131 e. The van der Waals surface area contributed by atoms with Gasteiger partial charge in [-0.05, 0) is 31.5 Å². The minimum Gasteiger partial charge on any atom is -0.497 e. The highest BCUT2D eigenvalue weighted by atomic mass is 35.5. The van der Waals surface area contributed by atoms with Crippen LogP contribution in [0.4, 0.5) is 4.39 Å². The average molecular weight is 285 g/mol. The molecule has 2 aromatic rings. The summed E-state index contributed by atoms with van der Waals surface area (Å²) < 4.78 is 18.9. The number of ether oxygens (including phenoxy) is 1. The highest BCUT2D eigenvalue weighted by molar-refractivity contribution is 7.12. The normalized spacial score (nSPS) is 12.5. The molecule has 0 amide bonds. The first-order valence-electron chi connectivity index (χ1n) is 5.57. The maximum absolute atomic E-state index is 14.0. The lowest BCUT2D eigenvalue weighted by Gasteiger charge is -2.11. The van der Waals surface area contributed by atoms with Crippen molar-refractivity contribution in [2.45, 2.75) is 19.2 Å². The Hall–Kier alpha value is -1.06. The van der Waals surface area contributed by atoms with Crippen LogP contribution in [0.25, 0.3) is 0 Å². The molecular formula is C14H14ClFOS. The van der Waals surface area contributed by atoms with Crippen molar-refractivity contribution in [3.8, 4) is 5.75 Å². The van der Waals surface area contributed by atoms with Crippen LogP contribution in [-0.4, -0.2) is 7.11 Å². The van der Waals surface area contributed by atoms with Crippen LogP contribution < -0.4 is 4.74 Å². The molecule has 0 aliphatic heterocycles. The standard InChI is InChI=1S/C14H14ClFOS/c1-8-6-12(9(2)18-8)14(15)11-5-4-10(17-3)7-13(11)16/h4-7,14H,1-3H3. The Morgan fingerprint density at radius 2 is 1.94 bits per heavy atom. The Morgan fingerprint density at radius 1 is 1.22 bits per heavy atom. The lowest BCUT2D eigenvalue weighted by molar-refractivity contribution is 0.410. The van der Waals surface area contributed by atoms with Gasteiger partial charge in [-0.15, -0.1) is 22.9 Å². The molecule has 0 radical (unpaired) electrons. The summed E-state index contributed by atoms with van der Waals surface area (Å²) in [6, 6.07) is 6.78. The van der Waals surface area contributed by atoms with Gasteiger partial charge in [0.05, 0.1) is 12.5 Å². The van der Waals surface area contributed by atoms with Crippen LogP contribution in [0.1, 0.15) is 26.3 Å². The van der Waals surface area contributed by atoms with Crippen LogP contribution in [0.2, 0.25) is 0 Å². The van der Waals surface area contributed by atoms with Crippen LogP contribution >= 0.6 is 22.9 Å². The Balaban J connectivity index is 2.39. The molecule has 0 N–H and O–H groups in total. The maximum Gasteiger partial charge on any atom is 0.131 e. The van der Waals surface area contributed by atoms with Gasteiger partial charge in [0.15, 0.2) is 0 Å². The van der Waals surface area contributed by atoms with Gasteiger partial charge < -0.3 is 4.74 Å². The van der Waals surface area contributed by atoms with Gasteiger partial charge in [-0.1, -0.05) is 6.07 Å². The molecule has 96 valence electrons. The third kappa shape index (κ3) is 2.52. The van der Waals surface area contributed by atoms with Crippen LogP contribution in [-0.2, 0) is 0 Å². The van der Waals surface area contributed by atoms with Crippen molar-refractivity contribution in [2.75, 3.05) is 7.11 Å². The van der Waals surface area contributed by atoms with Gasteiger partial charge in [0.25, 0.3) is 0 Å². The van der Waals surface area contributed by atoms with E-state index in [1.807, 2.05) is 19.9 Å². The molecule has 1 heterocycles. The van der Waals surface area contributed by atoms with Crippen molar-refractivity contribution >= 4 is 22.9 Å². The van der Waals surface area contributed by atoms with Crippen molar-refractivity contribution in [3.05, 3.63) is 51.0 Å². The minimum atomic E-state index is -0.458. The van der Waals surface area contributed by atoms with Gasteiger partial charge >= 0.3 is 0 Å². The second kappa shape index (κ2) is 5.29. The van der Waals surface area contributed by atoms with Gasteiger partial charge in [0.1, 0.15) is 11.6 Å².